The van der Waals surface area contributed by atoms with Gasteiger partial charge in [0.05, 0.1) is 5.97 Å². The molecule has 0 aliphatic heterocycles. The Kier molecular flexibility index (Phi) is 1.76. The van der Waals surface area contributed by atoms with Crippen molar-refractivity contribution >= 4 is 11.7 Å². The zero-order valence-corrected chi connectivity index (χ0v) is 5.50. The molecule has 3 nitrogen and oxygen atoms in total. The molecule has 0 saturated heterocycles. The van der Waals surface area contributed by atoms with Crippen LogP contribution in [0.2, 0.25) is 0 Å². The Labute approximate surface area is 62.3 Å². The van der Waals surface area contributed by atoms with Gasteiger partial charge in [0.1, 0.15) is 5.82 Å². The van der Waals surface area contributed by atoms with Gasteiger partial charge in [-0.2, -0.15) is 0 Å². The van der Waals surface area contributed by atoms with Gasteiger partial charge in [-0.15, -0.1) is 0 Å². The Morgan fingerprint density at radius 1 is 1.55 bits per heavy atom. The Hall–Kier alpha value is -1.58. The molecule has 0 fully saturated rings. The number of hydrogen-bond acceptors (Lipinski definition) is 3. The van der Waals surface area contributed by atoms with E-state index >= 15 is 0 Å². The van der Waals surface area contributed by atoms with E-state index in [1.807, 2.05) is 0 Å². The van der Waals surface area contributed by atoms with Crippen LogP contribution in [0.5, 0.6) is 0 Å². The molecule has 0 spiro atoms. The molecule has 0 atom stereocenters. The van der Waals surface area contributed by atoms with Crippen LogP contribution in [-0.4, -0.2) is 5.97 Å². The van der Waals surface area contributed by atoms with Gasteiger partial charge in [0.2, 0.25) is 0 Å². The summed E-state index contributed by atoms with van der Waals surface area (Å²) in [6.07, 6.45) is 0. The lowest BCUT2D eigenvalue weighted by molar-refractivity contribution is -0.255. The second-order valence-electron chi connectivity index (χ2n) is 2.03. The highest BCUT2D eigenvalue weighted by Crippen LogP contribution is 2.10. The predicted octanol–water partition coefficient (Wildman–Crippen LogP) is -0.229. The minimum absolute atomic E-state index is 0.188. The Morgan fingerprint density at radius 2 is 2.18 bits per heavy atom. The number of carbonyl (C=O) groups is 1. The van der Waals surface area contributed by atoms with Crippen molar-refractivity contribution in [2.45, 2.75) is 0 Å². The van der Waals surface area contributed by atoms with E-state index < -0.39 is 17.3 Å². The average Bonchev–Trinajstić information content (AvgIpc) is 1.85. The van der Waals surface area contributed by atoms with Gasteiger partial charge in [0.15, 0.2) is 0 Å². The summed E-state index contributed by atoms with van der Waals surface area (Å²) in [5, 5.41) is 10.1. The van der Waals surface area contributed by atoms with E-state index in [2.05, 4.69) is 0 Å². The SMILES string of the molecule is Nc1ccc(C(=O)[O-])c(F)c1. The van der Waals surface area contributed by atoms with Crippen molar-refractivity contribution < 1.29 is 14.3 Å². The highest BCUT2D eigenvalue weighted by atomic mass is 19.1. The molecular weight excluding hydrogens is 149 g/mol. The summed E-state index contributed by atoms with van der Waals surface area (Å²) in [5.74, 6) is -2.41. The zero-order chi connectivity index (χ0) is 8.43. The van der Waals surface area contributed by atoms with Crippen LogP contribution < -0.4 is 10.8 Å². The third-order valence-electron chi connectivity index (χ3n) is 1.21. The van der Waals surface area contributed by atoms with Crippen molar-refractivity contribution in [3.05, 3.63) is 29.6 Å². The number of carboxylic acid groups (broad SMARTS) is 1. The number of benzene rings is 1. The molecule has 4 heteroatoms. The Morgan fingerprint density at radius 3 is 2.64 bits per heavy atom. The van der Waals surface area contributed by atoms with Crippen molar-refractivity contribution in [1.29, 1.82) is 0 Å². The molecule has 0 unspecified atom stereocenters. The van der Waals surface area contributed by atoms with Crippen molar-refractivity contribution in [2.75, 3.05) is 5.73 Å². The van der Waals surface area contributed by atoms with Crippen LogP contribution in [0.1, 0.15) is 10.4 Å². The largest absolute Gasteiger partial charge is 0.545 e. The van der Waals surface area contributed by atoms with Crippen LogP contribution in [0.15, 0.2) is 18.2 Å². The minimum atomic E-state index is -1.54. The molecule has 1 aromatic carbocycles. The minimum Gasteiger partial charge on any atom is -0.545 e. The molecule has 0 aliphatic carbocycles. The fraction of sp³-hybridized carbons (Fsp3) is 0. The number of nitrogens with two attached hydrogens (primary N) is 1. The maximum absolute atomic E-state index is 12.6. The van der Waals surface area contributed by atoms with E-state index in [9.17, 15) is 14.3 Å². The molecule has 11 heavy (non-hydrogen) atoms. The first kappa shape index (κ1) is 7.53. The molecule has 0 heterocycles. The van der Waals surface area contributed by atoms with Crippen LogP contribution in [0.3, 0.4) is 0 Å². The average molecular weight is 154 g/mol. The second-order valence-corrected chi connectivity index (χ2v) is 2.03. The summed E-state index contributed by atoms with van der Waals surface area (Å²) in [7, 11) is 0. The number of nitrogen functional groups attached to an aromatic ring is 1. The third-order valence-corrected chi connectivity index (χ3v) is 1.21. The molecule has 0 saturated carbocycles. The Balaban J connectivity index is 3.20. The van der Waals surface area contributed by atoms with E-state index in [4.69, 9.17) is 5.73 Å². The van der Waals surface area contributed by atoms with Gasteiger partial charge in [-0.25, -0.2) is 4.39 Å². The fourth-order valence-corrected chi connectivity index (χ4v) is 0.697. The number of aromatic carboxylic acids is 1. The molecule has 2 N–H and O–H groups in total. The molecule has 0 aromatic heterocycles. The summed E-state index contributed by atoms with van der Waals surface area (Å²) >= 11 is 0. The molecule has 0 radical (unpaired) electrons. The molecule has 0 aliphatic rings. The summed E-state index contributed by atoms with van der Waals surface area (Å²) < 4.78 is 12.6. The number of hydrogen-bond donors (Lipinski definition) is 1. The number of halogens is 1. The number of rotatable bonds is 1. The Bertz CT molecular complexity index is 298. The highest BCUT2D eigenvalue weighted by molar-refractivity contribution is 5.86. The standard InChI is InChI=1S/C7H6FNO2/c8-6-3-4(9)1-2-5(6)7(10)11/h1-3H,9H2,(H,10,11)/p-1. The monoisotopic (exact) mass is 154 g/mol. The van der Waals surface area contributed by atoms with Crippen molar-refractivity contribution in [2.24, 2.45) is 0 Å². The van der Waals surface area contributed by atoms with Crippen molar-refractivity contribution in [3.63, 3.8) is 0 Å². The van der Waals surface area contributed by atoms with E-state index in [0.29, 0.717) is 0 Å². The summed E-state index contributed by atoms with van der Waals surface area (Å²) in [4.78, 5) is 10.1. The molecule has 1 rings (SSSR count). The van der Waals surface area contributed by atoms with Gasteiger partial charge >= 0.3 is 0 Å². The third kappa shape index (κ3) is 1.46. The lowest BCUT2D eigenvalue weighted by Gasteiger charge is -2.03. The summed E-state index contributed by atoms with van der Waals surface area (Å²) in [6, 6.07) is 3.30. The zero-order valence-electron chi connectivity index (χ0n) is 5.50. The first-order chi connectivity index (χ1) is 5.11. The van der Waals surface area contributed by atoms with Crippen LogP contribution in [0, 0.1) is 5.82 Å². The molecule has 58 valence electrons. The maximum atomic E-state index is 12.6. The summed E-state index contributed by atoms with van der Waals surface area (Å²) in [6.45, 7) is 0. The van der Waals surface area contributed by atoms with Gasteiger partial charge in [-0.05, 0) is 18.2 Å². The van der Waals surface area contributed by atoms with Crippen LogP contribution in [-0.2, 0) is 0 Å². The van der Waals surface area contributed by atoms with Gasteiger partial charge < -0.3 is 15.6 Å². The maximum Gasteiger partial charge on any atom is 0.134 e. The van der Waals surface area contributed by atoms with E-state index in [-0.39, 0.29) is 5.69 Å². The first-order valence-corrected chi connectivity index (χ1v) is 2.87. The molecule has 0 amide bonds. The van der Waals surface area contributed by atoms with Crippen LogP contribution in [0.4, 0.5) is 10.1 Å². The van der Waals surface area contributed by atoms with Crippen molar-refractivity contribution in [3.8, 4) is 0 Å². The topological polar surface area (TPSA) is 66.2 Å². The van der Waals surface area contributed by atoms with E-state index in [1.54, 1.807) is 0 Å². The van der Waals surface area contributed by atoms with Gasteiger partial charge in [0.25, 0.3) is 0 Å². The van der Waals surface area contributed by atoms with E-state index in [0.717, 1.165) is 12.1 Å². The lowest BCUT2D eigenvalue weighted by Crippen LogP contribution is -2.23. The number of anilines is 1. The number of carbonyl (C=O) groups excluding carboxylic acids is 1. The summed E-state index contributed by atoms with van der Waals surface area (Å²) in [5.41, 5.74) is 4.89. The van der Waals surface area contributed by atoms with Gasteiger partial charge in [-0.1, -0.05) is 0 Å². The van der Waals surface area contributed by atoms with Gasteiger partial charge in [0, 0.05) is 11.3 Å². The first-order valence-electron chi connectivity index (χ1n) is 2.87. The predicted molar refractivity (Wildman–Crippen MR) is 35.1 cm³/mol. The molecule has 1 aromatic rings. The van der Waals surface area contributed by atoms with Gasteiger partial charge in [-0.3, -0.25) is 0 Å². The normalized spacial score (nSPS) is 9.55. The molecule has 0 bridgehead atoms. The number of carboxylic acids is 1. The van der Waals surface area contributed by atoms with Crippen molar-refractivity contribution in [1.82, 2.24) is 0 Å². The lowest BCUT2D eigenvalue weighted by atomic mass is 10.2. The molecular formula is C7H5FNO2-. The smallest absolute Gasteiger partial charge is 0.134 e. The quantitative estimate of drug-likeness (QED) is 0.568. The fourth-order valence-electron chi connectivity index (χ4n) is 0.697. The van der Waals surface area contributed by atoms with Crippen LogP contribution in [0.25, 0.3) is 0 Å². The highest BCUT2D eigenvalue weighted by Gasteiger charge is 2.01. The van der Waals surface area contributed by atoms with Crippen LogP contribution >= 0.6 is 0 Å². The second kappa shape index (κ2) is 2.57. The van der Waals surface area contributed by atoms with E-state index in [1.165, 1.54) is 6.07 Å².